The molecule has 0 spiro atoms. The van der Waals surface area contributed by atoms with E-state index in [-0.39, 0.29) is 5.54 Å². The lowest BCUT2D eigenvalue weighted by atomic mass is 10.1. The fraction of sp³-hybridized carbons (Fsp3) is 0.500. The van der Waals surface area contributed by atoms with Gasteiger partial charge in [-0.25, -0.2) is 4.31 Å². The Morgan fingerprint density at radius 2 is 2.44 bits per heavy atom. The monoisotopic (exact) mass is 143 g/mol. The molecule has 0 saturated carbocycles. The second kappa shape index (κ2) is 2.15. The van der Waals surface area contributed by atoms with E-state index in [1.807, 2.05) is 29.8 Å². The Morgan fingerprint density at radius 3 is 2.67 bits per heavy atom. The predicted molar refractivity (Wildman–Crippen MR) is 39.0 cm³/mol. The number of nitrogens with zero attached hydrogens (tertiary/aromatic N) is 1. The highest BCUT2D eigenvalue weighted by Crippen LogP contribution is 2.29. The van der Waals surface area contributed by atoms with Crippen molar-refractivity contribution >= 4 is 18.2 Å². The summed E-state index contributed by atoms with van der Waals surface area (Å²) in [5, 5.41) is 1.92. The number of rotatable bonds is 1. The summed E-state index contributed by atoms with van der Waals surface area (Å²) < 4.78 is 1.92. The van der Waals surface area contributed by atoms with Gasteiger partial charge in [-0.05, 0) is 37.4 Å². The fourth-order valence-electron chi connectivity index (χ4n) is 0.592. The maximum atomic E-state index is 10.4. The predicted octanol–water partition coefficient (Wildman–Crippen LogP) is 1.05. The van der Waals surface area contributed by atoms with Gasteiger partial charge in [0.25, 0.3) is 0 Å². The summed E-state index contributed by atoms with van der Waals surface area (Å²) in [7, 11) is 1.90. The van der Waals surface area contributed by atoms with Crippen LogP contribution < -0.4 is 0 Å². The SMILES string of the molecule is CN1SC=CC1(C)C=O. The molecule has 0 aromatic carbocycles. The van der Waals surface area contributed by atoms with Crippen molar-refractivity contribution in [1.82, 2.24) is 4.31 Å². The Kier molecular flexibility index (Phi) is 1.64. The van der Waals surface area contributed by atoms with Crippen molar-refractivity contribution < 1.29 is 4.79 Å². The zero-order chi connectivity index (χ0) is 6.91. The van der Waals surface area contributed by atoms with Gasteiger partial charge in [0.2, 0.25) is 0 Å². The van der Waals surface area contributed by atoms with Gasteiger partial charge in [-0.2, -0.15) is 0 Å². The maximum Gasteiger partial charge on any atom is 0.144 e. The van der Waals surface area contributed by atoms with Crippen LogP contribution in [-0.4, -0.2) is 23.2 Å². The quantitative estimate of drug-likeness (QED) is 0.404. The van der Waals surface area contributed by atoms with Gasteiger partial charge < -0.3 is 4.79 Å². The molecule has 1 aliphatic heterocycles. The van der Waals surface area contributed by atoms with E-state index in [9.17, 15) is 4.79 Å². The molecule has 0 aromatic heterocycles. The molecule has 1 rings (SSSR count). The molecular weight excluding hydrogens is 134 g/mol. The van der Waals surface area contributed by atoms with E-state index >= 15 is 0 Å². The van der Waals surface area contributed by atoms with Gasteiger partial charge in [0.05, 0.1) is 0 Å². The normalized spacial score (nSPS) is 35.3. The Labute approximate surface area is 59.0 Å². The molecule has 3 heteroatoms. The van der Waals surface area contributed by atoms with Gasteiger partial charge in [-0.15, -0.1) is 0 Å². The third kappa shape index (κ3) is 1.02. The highest BCUT2D eigenvalue weighted by Gasteiger charge is 2.29. The topological polar surface area (TPSA) is 20.3 Å². The van der Waals surface area contributed by atoms with Gasteiger partial charge in [0.1, 0.15) is 11.8 Å². The molecular formula is C6H9NOS. The van der Waals surface area contributed by atoms with Gasteiger partial charge in [-0.1, -0.05) is 0 Å². The van der Waals surface area contributed by atoms with Crippen LogP contribution >= 0.6 is 11.9 Å². The summed E-state index contributed by atoms with van der Waals surface area (Å²) in [5.41, 5.74) is -0.370. The lowest BCUT2D eigenvalue weighted by Crippen LogP contribution is -2.35. The van der Waals surface area contributed by atoms with E-state index in [1.54, 1.807) is 11.9 Å². The molecule has 0 amide bonds. The molecule has 1 atom stereocenters. The fourth-order valence-corrected chi connectivity index (χ4v) is 1.44. The summed E-state index contributed by atoms with van der Waals surface area (Å²) >= 11 is 1.55. The zero-order valence-electron chi connectivity index (χ0n) is 5.50. The van der Waals surface area contributed by atoms with Crippen LogP contribution in [-0.2, 0) is 4.79 Å². The van der Waals surface area contributed by atoms with Crippen LogP contribution in [0.2, 0.25) is 0 Å². The lowest BCUT2D eigenvalue weighted by molar-refractivity contribution is -0.112. The minimum atomic E-state index is -0.370. The van der Waals surface area contributed by atoms with Crippen LogP contribution in [0.25, 0.3) is 0 Å². The largest absolute Gasteiger partial charge is 0.301 e. The number of hydrogen-bond acceptors (Lipinski definition) is 3. The van der Waals surface area contributed by atoms with Crippen LogP contribution in [0.4, 0.5) is 0 Å². The van der Waals surface area contributed by atoms with E-state index < -0.39 is 0 Å². The van der Waals surface area contributed by atoms with Gasteiger partial charge in [-0.3, -0.25) is 0 Å². The summed E-state index contributed by atoms with van der Waals surface area (Å²) in [4.78, 5) is 10.4. The maximum absolute atomic E-state index is 10.4. The molecule has 1 heterocycles. The molecule has 0 saturated heterocycles. The van der Waals surface area contributed by atoms with Crippen molar-refractivity contribution in [3.05, 3.63) is 11.5 Å². The number of aldehydes is 1. The summed E-state index contributed by atoms with van der Waals surface area (Å²) in [6, 6.07) is 0. The summed E-state index contributed by atoms with van der Waals surface area (Å²) in [6.45, 7) is 1.89. The molecule has 0 aliphatic carbocycles. The molecule has 0 N–H and O–H groups in total. The third-order valence-corrected chi connectivity index (χ3v) is 2.51. The number of carbonyl (C=O) groups excluding carboxylic acids is 1. The Balaban J connectivity index is 2.78. The Morgan fingerprint density at radius 1 is 1.78 bits per heavy atom. The first-order valence-electron chi connectivity index (χ1n) is 2.74. The highest BCUT2D eigenvalue weighted by molar-refractivity contribution is 8.00. The molecule has 1 unspecified atom stereocenters. The Hall–Kier alpha value is -0.280. The van der Waals surface area contributed by atoms with Gasteiger partial charge in [0.15, 0.2) is 0 Å². The first kappa shape index (κ1) is 6.83. The molecule has 0 bridgehead atoms. The molecule has 50 valence electrons. The van der Waals surface area contributed by atoms with Crippen LogP contribution in [0.15, 0.2) is 11.5 Å². The van der Waals surface area contributed by atoms with Crippen molar-refractivity contribution in [2.45, 2.75) is 12.5 Å². The average Bonchev–Trinajstić information content (AvgIpc) is 2.15. The first-order valence-corrected chi connectivity index (χ1v) is 3.57. The van der Waals surface area contributed by atoms with E-state index in [0.717, 1.165) is 6.29 Å². The molecule has 0 fully saturated rings. The summed E-state index contributed by atoms with van der Waals surface area (Å²) in [5.74, 6) is 0. The minimum Gasteiger partial charge on any atom is -0.301 e. The van der Waals surface area contributed by atoms with Gasteiger partial charge in [0, 0.05) is 0 Å². The average molecular weight is 143 g/mol. The smallest absolute Gasteiger partial charge is 0.144 e. The van der Waals surface area contributed by atoms with Crippen molar-refractivity contribution in [3.8, 4) is 0 Å². The van der Waals surface area contributed by atoms with Crippen LogP contribution in [0.1, 0.15) is 6.92 Å². The second-order valence-electron chi connectivity index (χ2n) is 2.25. The minimum absolute atomic E-state index is 0.370. The first-order chi connectivity index (χ1) is 4.19. The van der Waals surface area contributed by atoms with Crippen molar-refractivity contribution in [3.63, 3.8) is 0 Å². The van der Waals surface area contributed by atoms with Crippen molar-refractivity contribution in [2.75, 3.05) is 7.05 Å². The van der Waals surface area contributed by atoms with E-state index in [1.165, 1.54) is 0 Å². The Bertz CT molecular complexity index is 157. The highest BCUT2D eigenvalue weighted by atomic mass is 32.2. The molecule has 0 aromatic rings. The van der Waals surface area contributed by atoms with E-state index in [0.29, 0.717) is 0 Å². The molecule has 2 nitrogen and oxygen atoms in total. The van der Waals surface area contributed by atoms with Gasteiger partial charge >= 0.3 is 0 Å². The number of likely N-dealkylation sites (N-methyl/N-ethyl adjacent to an activating group) is 1. The van der Waals surface area contributed by atoms with Crippen LogP contribution in [0.5, 0.6) is 0 Å². The van der Waals surface area contributed by atoms with Crippen molar-refractivity contribution in [2.24, 2.45) is 0 Å². The molecule has 9 heavy (non-hydrogen) atoms. The second-order valence-corrected chi connectivity index (χ2v) is 3.28. The van der Waals surface area contributed by atoms with Crippen LogP contribution in [0, 0.1) is 0 Å². The van der Waals surface area contributed by atoms with E-state index in [4.69, 9.17) is 0 Å². The standard InChI is InChI=1S/C6H9NOS/c1-6(5-8)3-4-9-7(6)2/h3-5H,1-2H3. The number of carbonyl (C=O) groups is 1. The number of hydrogen-bond donors (Lipinski definition) is 0. The van der Waals surface area contributed by atoms with Crippen molar-refractivity contribution in [1.29, 1.82) is 0 Å². The van der Waals surface area contributed by atoms with E-state index in [2.05, 4.69) is 0 Å². The lowest BCUT2D eigenvalue weighted by Gasteiger charge is -2.22. The third-order valence-electron chi connectivity index (χ3n) is 1.54. The molecule has 0 radical (unpaired) electrons. The zero-order valence-corrected chi connectivity index (χ0v) is 6.31. The summed E-state index contributed by atoms with van der Waals surface area (Å²) in [6.07, 6.45) is 2.84. The molecule has 1 aliphatic rings. The van der Waals surface area contributed by atoms with Crippen LogP contribution in [0.3, 0.4) is 0 Å².